The zero-order chi connectivity index (χ0) is 12.1. The molecule has 0 aromatic heterocycles. The maximum absolute atomic E-state index is 6.02. The predicted molar refractivity (Wildman–Crippen MR) is 74.0 cm³/mol. The van der Waals surface area contributed by atoms with Crippen LogP contribution < -0.4 is 11.1 Å². The molecule has 2 heteroatoms. The molecule has 3 N–H and O–H groups in total. The average Bonchev–Trinajstić information content (AvgIpc) is 2.29. The van der Waals surface area contributed by atoms with Crippen LogP contribution in [0.2, 0.25) is 0 Å². The zero-order valence-electron chi connectivity index (χ0n) is 11.5. The van der Waals surface area contributed by atoms with Gasteiger partial charge in [-0.15, -0.1) is 0 Å². The van der Waals surface area contributed by atoms with Crippen molar-refractivity contribution in [2.75, 3.05) is 6.54 Å². The van der Waals surface area contributed by atoms with E-state index in [1.54, 1.807) is 0 Å². The van der Waals surface area contributed by atoms with Crippen molar-refractivity contribution in [2.45, 2.75) is 76.8 Å². The molecule has 2 aliphatic carbocycles. The molecule has 0 saturated heterocycles. The molecule has 0 radical (unpaired) electrons. The largest absolute Gasteiger partial charge is 0.328 e. The SMILES string of the molecule is CC1CCCC(CCNC2CCCC(N)C2)C1. The quantitative estimate of drug-likeness (QED) is 0.790. The molecule has 0 amide bonds. The second-order valence-corrected chi connectivity index (χ2v) is 6.50. The lowest BCUT2D eigenvalue weighted by Gasteiger charge is -2.30. The summed E-state index contributed by atoms with van der Waals surface area (Å²) in [5.74, 6) is 1.96. The molecule has 2 saturated carbocycles. The number of nitrogens with two attached hydrogens (primary N) is 1. The van der Waals surface area contributed by atoms with Crippen LogP contribution in [-0.4, -0.2) is 18.6 Å². The van der Waals surface area contributed by atoms with E-state index in [0.717, 1.165) is 11.8 Å². The number of rotatable bonds is 4. The van der Waals surface area contributed by atoms with Crippen LogP contribution in [0.3, 0.4) is 0 Å². The molecule has 0 aromatic carbocycles. The first-order valence-electron chi connectivity index (χ1n) is 7.73. The molecular weight excluding hydrogens is 208 g/mol. The van der Waals surface area contributed by atoms with Gasteiger partial charge in [-0.2, -0.15) is 0 Å². The molecule has 4 unspecified atom stereocenters. The van der Waals surface area contributed by atoms with Crippen LogP contribution in [0, 0.1) is 11.8 Å². The van der Waals surface area contributed by atoms with Crippen molar-refractivity contribution < 1.29 is 0 Å². The minimum Gasteiger partial charge on any atom is -0.328 e. The highest BCUT2D eigenvalue weighted by molar-refractivity contribution is 4.80. The summed E-state index contributed by atoms with van der Waals surface area (Å²) in [6.07, 6.45) is 12.3. The molecule has 0 aromatic rings. The van der Waals surface area contributed by atoms with Crippen LogP contribution in [-0.2, 0) is 0 Å². The van der Waals surface area contributed by atoms with Crippen LogP contribution in [0.15, 0.2) is 0 Å². The van der Waals surface area contributed by atoms with Crippen molar-refractivity contribution in [1.82, 2.24) is 5.32 Å². The van der Waals surface area contributed by atoms with E-state index >= 15 is 0 Å². The van der Waals surface area contributed by atoms with Crippen molar-refractivity contribution in [3.05, 3.63) is 0 Å². The van der Waals surface area contributed by atoms with Gasteiger partial charge in [0.15, 0.2) is 0 Å². The molecule has 4 atom stereocenters. The van der Waals surface area contributed by atoms with Gasteiger partial charge in [-0.25, -0.2) is 0 Å². The molecule has 0 aliphatic heterocycles. The Balaban J connectivity index is 1.58. The topological polar surface area (TPSA) is 38.0 Å². The highest BCUT2D eigenvalue weighted by atomic mass is 14.9. The summed E-state index contributed by atoms with van der Waals surface area (Å²) in [5, 5.41) is 3.73. The summed E-state index contributed by atoms with van der Waals surface area (Å²) in [4.78, 5) is 0. The summed E-state index contributed by atoms with van der Waals surface area (Å²) >= 11 is 0. The molecule has 2 rings (SSSR count). The molecule has 17 heavy (non-hydrogen) atoms. The Labute approximate surface area is 107 Å². The third kappa shape index (κ3) is 4.59. The molecule has 2 fully saturated rings. The standard InChI is InChI=1S/C15H30N2/c1-12-4-2-5-13(10-12)8-9-17-15-7-3-6-14(16)11-15/h12-15,17H,2-11,16H2,1H3. The number of hydrogen-bond donors (Lipinski definition) is 2. The summed E-state index contributed by atoms with van der Waals surface area (Å²) in [5.41, 5.74) is 6.02. The molecule has 100 valence electrons. The molecule has 0 heterocycles. The number of hydrogen-bond acceptors (Lipinski definition) is 2. The predicted octanol–water partition coefficient (Wildman–Crippen LogP) is 3.06. The Bertz CT molecular complexity index is 195. The highest BCUT2D eigenvalue weighted by Crippen LogP contribution is 2.30. The van der Waals surface area contributed by atoms with Crippen LogP contribution in [0.4, 0.5) is 0 Å². The Hall–Kier alpha value is -0.0800. The minimum atomic E-state index is 0.455. The second-order valence-electron chi connectivity index (χ2n) is 6.50. The van der Waals surface area contributed by atoms with E-state index in [1.807, 2.05) is 0 Å². The summed E-state index contributed by atoms with van der Waals surface area (Å²) in [7, 11) is 0. The monoisotopic (exact) mass is 238 g/mol. The van der Waals surface area contributed by atoms with Gasteiger partial charge in [-0.3, -0.25) is 0 Å². The molecule has 2 nitrogen and oxygen atoms in total. The van der Waals surface area contributed by atoms with Gasteiger partial charge in [0, 0.05) is 12.1 Å². The second kappa shape index (κ2) is 6.75. The van der Waals surface area contributed by atoms with E-state index < -0.39 is 0 Å². The first-order valence-corrected chi connectivity index (χ1v) is 7.73. The van der Waals surface area contributed by atoms with E-state index in [4.69, 9.17) is 5.73 Å². The van der Waals surface area contributed by atoms with Gasteiger partial charge in [0.1, 0.15) is 0 Å². The average molecular weight is 238 g/mol. The third-order valence-corrected chi connectivity index (χ3v) is 4.75. The summed E-state index contributed by atoms with van der Waals surface area (Å²) < 4.78 is 0. The maximum atomic E-state index is 6.02. The van der Waals surface area contributed by atoms with Gasteiger partial charge < -0.3 is 11.1 Å². The Kier molecular flexibility index (Phi) is 5.30. The van der Waals surface area contributed by atoms with Crippen molar-refractivity contribution in [1.29, 1.82) is 0 Å². The fourth-order valence-corrected chi connectivity index (χ4v) is 3.73. The van der Waals surface area contributed by atoms with Crippen molar-refractivity contribution in [3.63, 3.8) is 0 Å². The van der Waals surface area contributed by atoms with Gasteiger partial charge in [-0.05, 0) is 50.5 Å². The van der Waals surface area contributed by atoms with E-state index in [-0.39, 0.29) is 0 Å². The molecule has 0 bridgehead atoms. The first-order chi connectivity index (χ1) is 8.24. The van der Waals surface area contributed by atoms with Gasteiger partial charge in [0.05, 0.1) is 0 Å². The lowest BCUT2D eigenvalue weighted by Crippen LogP contribution is -2.40. The molecule has 2 aliphatic rings. The Morgan fingerprint density at radius 3 is 2.65 bits per heavy atom. The van der Waals surface area contributed by atoms with E-state index in [0.29, 0.717) is 12.1 Å². The fraction of sp³-hybridized carbons (Fsp3) is 1.00. The van der Waals surface area contributed by atoms with E-state index in [2.05, 4.69) is 12.2 Å². The third-order valence-electron chi connectivity index (χ3n) is 4.75. The highest BCUT2D eigenvalue weighted by Gasteiger charge is 2.21. The maximum Gasteiger partial charge on any atom is 0.00818 e. The summed E-state index contributed by atoms with van der Waals surface area (Å²) in [6, 6.07) is 1.16. The van der Waals surface area contributed by atoms with E-state index in [1.165, 1.54) is 64.3 Å². The van der Waals surface area contributed by atoms with Gasteiger partial charge >= 0.3 is 0 Å². The molecular formula is C15H30N2. The lowest BCUT2D eigenvalue weighted by atomic mass is 9.81. The van der Waals surface area contributed by atoms with Crippen molar-refractivity contribution >= 4 is 0 Å². The molecule has 0 spiro atoms. The first kappa shape index (κ1) is 13.4. The Morgan fingerprint density at radius 1 is 1.06 bits per heavy atom. The van der Waals surface area contributed by atoms with Crippen molar-refractivity contribution in [3.8, 4) is 0 Å². The smallest absolute Gasteiger partial charge is 0.00818 e. The fourth-order valence-electron chi connectivity index (χ4n) is 3.73. The van der Waals surface area contributed by atoms with Gasteiger partial charge in [-0.1, -0.05) is 32.6 Å². The Morgan fingerprint density at radius 2 is 1.88 bits per heavy atom. The van der Waals surface area contributed by atoms with Crippen LogP contribution >= 0.6 is 0 Å². The van der Waals surface area contributed by atoms with Gasteiger partial charge in [0.25, 0.3) is 0 Å². The lowest BCUT2D eigenvalue weighted by molar-refractivity contribution is 0.258. The van der Waals surface area contributed by atoms with Crippen LogP contribution in [0.1, 0.15) is 64.7 Å². The van der Waals surface area contributed by atoms with Crippen LogP contribution in [0.5, 0.6) is 0 Å². The number of nitrogens with one attached hydrogen (secondary N) is 1. The summed E-state index contributed by atoms with van der Waals surface area (Å²) in [6.45, 7) is 3.63. The minimum absolute atomic E-state index is 0.455. The van der Waals surface area contributed by atoms with Crippen molar-refractivity contribution in [2.24, 2.45) is 17.6 Å². The van der Waals surface area contributed by atoms with E-state index in [9.17, 15) is 0 Å². The van der Waals surface area contributed by atoms with Crippen LogP contribution in [0.25, 0.3) is 0 Å². The zero-order valence-corrected chi connectivity index (χ0v) is 11.5. The normalized spacial score (nSPS) is 39.2. The van der Waals surface area contributed by atoms with Gasteiger partial charge in [0.2, 0.25) is 0 Å².